The summed E-state index contributed by atoms with van der Waals surface area (Å²) in [5.74, 6) is -1.00. The summed E-state index contributed by atoms with van der Waals surface area (Å²) in [5.41, 5.74) is 0. The largest absolute Gasteiger partial charge is 0.481 e. The number of nitrogens with one attached hydrogen (secondary N) is 1. The lowest BCUT2D eigenvalue weighted by atomic mass is 10.0. The number of carboxylic acid groups (broad SMARTS) is 1. The Kier molecular flexibility index (Phi) is 5.71. The van der Waals surface area contributed by atoms with Crippen molar-refractivity contribution in [2.24, 2.45) is 5.92 Å². The van der Waals surface area contributed by atoms with Crippen LogP contribution in [0.4, 0.5) is 0 Å². The summed E-state index contributed by atoms with van der Waals surface area (Å²) in [6.45, 7) is 3.59. The van der Waals surface area contributed by atoms with E-state index in [4.69, 9.17) is 5.11 Å². The average molecular weight is 223 g/mol. The van der Waals surface area contributed by atoms with Gasteiger partial charge in [-0.1, -0.05) is 13.3 Å². The molecule has 0 radical (unpaired) electrons. The Morgan fingerprint density at radius 2 is 2.00 bits per heavy atom. The minimum absolute atomic E-state index is 0.00271. The van der Waals surface area contributed by atoms with Crippen molar-refractivity contribution in [3.05, 3.63) is 0 Å². The predicted molar refractivity (Wildman–Crippen MR) is 53.5 cm³/mol. The van der Waals surface area contributed by atoms with Crippen molar-refractivity contribution in [2.75, 3.05) is 12.3 Å². The van der Waals surface area contributed by atoms with Gasteiger partial charge in [0.25, 0.3) is 0 Å². The van der Waals surface area contributed by atoms with Gasteiger partial charge in [-0.05, 0) is 12.8 Å². The molecule has 0 rings (SSSR count). The Morgan fingerprint density at radius 1 is 1.43 bits per heavy atom. The first-order valence-electron chi connectivity index (χ1n) is 4.60. The molecule has 1 unspecified atom stereocenters. The maximum atomic E-state index is 11.0. The molecule has 0 heterocycles. The molecule has 0 spiro atoms. The number of sulfonamides is 1. The first-order valence-corrected chi connectivity index (χ1v) is 6.25. The first kappa shape index (κ1) is 13.4. The van der Waals surface area contributed by atoms with Crippen molar-refractivity contribution in [3.63, 3.8) is 0 Å². The lowest BCUT2D eigenvalue weighted by Crippen LogP contribution is -2.31. The molecule has 0 fully saturated rings. The number of carbonyl (C=O) groups is 1. The Balaban J connectivity index is 4.02. The van der Waals surface area contributed by atoms with E-state index in [0.717, 1.165) is 0 Å². The van der Waals surface area contributed by atoms with Gasteiger partial charge in [0.1, 0.15) is 0 Å². The van der Waals surface area contributed by atoms with Gasteiger partial charge >= 0.3 is 5.97 Å². The van der Waals surface area contributed by atoms with E-state index in [-0.39, 0.29) is 24.6 Å². The van der Waals surface area contributed by atoms with Crippen molar-refractivity contribution >= 4 is 16.0 Å². The van der Waals surface area contributed by atoms with E-state index in [1.54, 1.807) is 6.92 Å². The van der Waals surface area contributed by atoms with Gasteiger partial charge < -0.3 is 5.11 Å². The lowest BCUT2D eigenvalue weighted by molar-refractivity contribution is -0.138. The van der Waals surface area contributed by atoms with Crippen LogP contribution in [0, 0.1) is 5.92 Å². The molecule has 1 atom stereocenters. The molecule has 0 aromatic heterocycles. The van der Waals surface area contributed by atoms with Gasteiger partial charge in [-0.15, -0.1) is 0 Å². The van der Waals surface area contributed by atoms with Crippen LogP contribution in [0.3, 0.4) is 0 Å². The van der Waals surface area contributed by atoms with E-state index < -0.39 is 16.0 Å². The molecule has 84 valence electrons. The second-order valence-electron chi connectivity index (χ2n) is 3.12. The monoisotopic (exact) mass is 223 g/mol. The summed E-state index contributed by atoms with van der Waals surface area (Å²) >= 11 is 0. The van der Waals surface area contributed by atoms with Gasteiger partial charge in [-0.25, -0.2) is 13.1 Å². The number of hydrogen-bond acceptors (Lipinski definition) is 3. The Labute approximate surface area is 84.6 Å². The van der Waals surface area contributed by atoms with Crippen LogP contribution < -0.4 is 4.72 Å². The van der Waals surface area contributed by atoms with E-state index in [0.29, 0.717) is 6.42 Å². The minimum Gasteiger partial charge on any atom is -0.481 e. The maximum Gasteiger partial charge on any atom is 0.303 e. The highest BCUT2D eigenvalue weighted by Crippen LogP contribution is 2.06. The van der Waals surface area contributed by atoms with E-state index in [1.807, 2.05) is 6.92 Å². The summed E-state index contributed by atoms with van der Waals surface area (Å²) in [6.07, 6.45) is 0.654. The SMILES string of the molecule is CCC(CNS(=O)(=O)CC)CC(=O)O. The van der Waals surface area contributed by atoms with Crippen LogP contribution in [0.1, 0.15) is 26.7 Å². The third kappa shape index (κ3) is 5.93. The fourth-order valence-corrected chi connectivity index (χ4v) is 1.65. The van der Waals surface area contributed by atoms with Gasteiger partial charge in [0.15, 0.2) is 0 Å². The molecule has 0 aliphatic rings. The molecule has 0 saturated carbocycles. The molecule has 0 aromatic rings. The molecule has 5 nitrogen and oxygen atoms in total. The van der Waals surface area contributed by atoms with Gasteiger partial charge in [-0.2, -0.15) is 0 Å². The Hall–Kier alpha value is -0.620. The van der Waals surface area contributed by atoms with Crippen LogP contribution >= 0.6 is 0 Å². The van der Waals surface area contributed by atoms with E-state index in [1.165, 1.54) is 0 Å². The molecule has 14 heavy (non-hydrogen) atoms. The zero-order valence-electron chi connectivity index (χ0n) is 8.49. The standard InChI is InChI=1S/C8H17NO4S/c1-3-7(5-8(10)11)6-9-14(12,13)4-2/h7,9H,3-6H2,1-2H3,(H,10,11). The molecule has 0 aliphatic carbocycles. The van der Waals surface area contributed by atoms with Crippen LogP contribution in [0.5, 0.6) is 0 Å². The summed E-state index contributed by atoms with van der Waals surface area (Å²) in [4.78, 5) is 10.4. The fraction of sp³-hybridized carbons (Fsp3) is 0.875. The predicted octanol–water partition coefficient (Wildman–Crippen LogP) is 0.427. The van der Waals surface area contributed by atoms with Crippen molar-refractivity contribution in [2.45, 2.75) is 26.7 Å². The number of rotatable bonds is 7. The second-order valence-corrected chi connectivity index (χ2v) is 5.22. The first-order chi connectivity index (χ1) is 6.41. The van der Waals surface area contributed by atoms with Crippen LogP contribution in [-0.2, 0) is 14.8 Å². The van der Waals surface area contributed by atoms with Crippen LogP contribution in [0.2, 0.25) is 0 Å². The normalized spacial score (nSPS) is 13.9. The second kappa shape index (κ2) is 5.98. The summed E-state index contributed by atoms with van der Waals surface area (Å²) in [6, 6.07) is 0. The van der Waals surface area contributed by atoms with Crippen molar-refractivity contribution in [1.29, 1.82) is 0 Å². The van der Waals surface area contributed by atoms with Gasteiger partial charge in [0.05, 0.1) is 5.75 Å². The summed E-state index contributed by atoms with van der Waals surface area (Å²) < 4.78 is 24.5. The highest BCUT2D eigenvalue weighted by Gasteiger charge is 2.14. The van der Waals surface area contributed by atoms with E-state index in [2.05, 4.69) is 4.72 Å². The van der Waals surface area contributed by atoms with Crippen LogP contribution in [-0.4, -0.2) is 31.8 Å². The summed E-state index contributed by atoms with van der Waals surface area (Å²) in [7, 11) is -3.20. The maximum absolute atomic E-state index is 11.0. The molecule has 0 aromatic carbocycles. The van der Waals surface area contributed by atoms with E-state index in [9.17, 15) is 13.2 Å². The van der Waals surface area contributed by atoms with Crippen molar-refractivity contribution < 1.29 is 18.3 Å². The topological polar surface area (TPSA) is 83.5 Å². The molecular weight excluding hydrogens is 206 g/mol. The third-order valence-corrected chi connectivity index (χ3v) is 3.38. The van der Waals surface area contributed by atoms with Crippen molar-refractivity contribution in [3.8, 4) is 0 Å². The molecule has 0 aliphatic heterocycles. The molecule has 0 bridgehead atoms. The lowest BCUT2D eigenvalue weighted by Gasteiger charge is -2.12. The molecule has 0 amide bonds. The highest BCUT2D eigenvalue weighted by atomic mass is 32.2. The van der Waals surface area contributed by atoms with Gasteiger partial charge in [0.2, 0.25) is 10.0 Å². The zero-order valence-corrected chi connectivity index (χ0v) is 9.30. The number of carboxylic acids is 1. The van der Waals surface area contributed by atoms with E-state index >= 15 is 0 Å². The smallest absolute Gasteiger partial charge is 0.303 e. The number of aliphatic carboxylic acids is 1. The van der Waals surface area contributed by atoms with Gasteiger partial charge in [-0.3, -0.25) is 4.79 Å². The zero-order chi connectivity index (χ0) is 11.2. The van der Waals surface area contributed by atoms with Crippen molar-refractivity contribution in [1.82, 2.24) is 4.72 Å². The highest BCUT2D eigenvalue weighted by molar-refractivity contribution is 7.89. The number of hydrogen-bond donors (Lipinski definition) is 2. The molecular formula is C8H17NO4S. The quantitative estimate of drug-likeness (QED) is 0.655. The molecule has 2 N–H and O–H groups in total. The molecule has 0 saturated heterocycles. The van der Waals surface area contributed by atoms with Crippen LogP contribution in [0.25, 0.3) is 0 Å². The summed E-state index contributed by atoms with van der Waals surface area (Å²) in [5, 5.41) is 8.52. The molecule has 6 heteroatoms. The Morgan fingerprint density at radius 3 is 2.36 bits per heavy atom. The minimum atomic E-state index is -3.20. The van der Waals surface area contributed by atoms with Gasteiger partial charge in [0, 0.05) is 13.0 Å². The Bertz CT molecular complexity index is 273. The average Bonchev–Trinajstić information content (AvgIpc) is 2.12. The van der Waals surface area contributed by atoms with Crippen LogP contribution in [0.15, 0.2) is 0 Å². The third-order valence-electron chi connectivity index (χ3n) is 2.01. The fourth-order valence-electron chi connectivity index (χ4n) is 0.955.